The summed E-state index contributed by atoms with van der Waals surface area (Å²) < 4.78 is -0.438. The molecule has 0 spiro atoms. The van der Waals surface area contributed by atoms with E-state index >= 15 is 0 Å². The molecule has 12 heavy (non-hydrogen) atoms. The van der Waals surface area contributed by atoms with Crippen molar-refractivity contribution < 1.29 is 4.79 Å². The minimum Gasteiger partial charge on any atom is -0.298 e. The van der Waals surface area contributed by atoms with Gasteiger partial charge in [-0.3, -0.25) is 4.79 Å². The fourth-order valence-corrected chi connectivity index (χ4v) is 1.13. The summed E-state index contributed by atoms with van der Waals surface area (Å²) in [6.45, 7) is 5.89. The summed E-state index contributed by atoms with van der Waals surface area (Å²) in [5.41, 5.74) is 0. The highest BCUT2D eigenvalue weighted by Gasteiger charge is 2.20. The zero-order valence-corrected chi connectivity index (χ0v) is 9.29. The van der Waals surface area contributed by atoms with E-state index in [2.05, 4.69) is 19.6 Å². The van der Waals surface area contributed by atoms with Crippen molar-refractivity contribution in [3.8, 4) is 0 Å². The smallest absolute Gasteiger partial charge is 0.148 e. The second kappa shape index (κ2) is 5.63. The Hall–Kier alpha value is 0.0200. The Morgan fingerprint density at radius 3 is 2.25 bits per heavy atom. The van der Waals surface area contributed by atoms with E-state index in [0.717, 1.165) is 6.42 Å². The molecule has 0 amide bonds. The van der Waals surface area contributed by atoms with Crippen LogP contribution in [0.1, 0.15) is 52.9 Å². The van der Waals surface area contributed by atoms with Gasteiger partial charge in [0, 0.05) is 6.42 Å². The van der Waals surface area contributed by atoms with Crippen LogP contribution in [0.4, 0.5) is 0 Å². The lowest BCUT2D eigenvalue weighted by molar-refractivity contribution is -0.120. The van der Waals surface area contributed by atoms with E-state index in [-0.39, 0.29) is 5.78 Å². The Bertz CT molecular complexity index is 135. The molecule has 0 saturated carbocycles. The molecule has 0 aliphatic rings. The quantitative estimate of drug-likeness (QED) is 0.500. The van der Waals surface area contributed by atoms with Gasteiger partial charge in [0.15, 0.2) is 0 Å². The van der Waals surface area contributed by atoms with E-state index in [1.165, 1.54) is 19.3 Å². The van der Waals surface area contributed by atoms with Crippen molar-refractivity contribution in [3.05, 3.63) is 0 Å². The zero-order chi connectivity index (χ0) is 9.61. The minimum atomic E-state index is -0.438. The van der Waals surface area contributed by atoms with E-state index in [1.807, 2.05) is 13.8 Å². The van der Waals surface area contributed by atoms with Gasteiger partial charge < -0.3 is 0 Å². The van der Waals surface area contributed by atoms with Crippen molar-refractivity contribution in [2.24, 2.45) is 0 Å². The van der Waals surface area contributed by atoms with Crippen LogP contribution in [0.3, 0.4) is 0 Å². The van der Waals surface area contributed by atoms with Crippen LogP contribution < -0.4 is 0 Å². The van der Waals surface area contributed by atoms with Gasteiger partial charge >= 0.3 is 0 Å². The number of Topliss-reactive ketones (excluding diaryl/α,β-unsaturated/α-hetero) is 1. The van der Waals surface area contributed by atoms with Crippen molar-refractivity contribution in [1.82, 2.24) is 0 Å². The van der Waals surface area contributed by atoms with Crippen LogP contribution in [0, 0.1) is 0 Å². The average Bonchev–Trinajstić information content (AvgIpc) is 1.96. The third kappa shape index (κ3) is 5.64. The van der Waals surface area contributed by atoms with Gasteiger partial charge in [-0.15, -0.1) is 0 Å². The molecule has 0 saturated heterocycles. The summed E-state index contributed by atoms with van der Waals surface area (Å²) >= 11 is 4.23. The Morgan fingerprint density at radius 2 is 1.83 bits per heavy atom. The number of rotatable bonds is 6. The Kier molecular flexibility index (Phi) is 5.64. The predicted molar refractivity (Wildman–Crippen MR) is 56.8 cm³/mol. The van der Waals surface area contributed by atoms with Gasteiger partial charge in [-0.05, 0) is 20.3 Å². The first-order valence-corrected chi connectivity index (χ1v) is 5.19. The average molecular weight is 188 g/mol. The normalized spacial score (nSPS) is 11.7. The molecule has 0 bridgehead atoms. The molecule has 0 aromatic heterocycles. The number of ketones is 1. The van der Waals surface area contributed by atoms with Crippen molar-refractivity contribution in [3.63, 3.8) is 0 Å². The highest BCUT2D eigenvalue weighted by Crippen LogP contribution is 2.17. The highest BCUT2D eigenvalue weighted by molar-refractivity contribution is 7.82. The molecule has 2 heteroatoms. The third-order valence-electron chi connectivity index (χ3n) is 1.94. The minimum absolute atomic E-state index is 0.266. The van der Waals surface area contributed by atoms with Crippen molar-refractivity contribution in [1.29, 1.82) is 0 Å². The zero-order valence-electron chi connectivity index (χ0n) is 8.39. The van der Waals surface area contributed by atoms with Crippen molar-refractivity contribution in [2.45, 2.75) is 57.6 Å². The van der Waals surface area contributed by atoms with Crippen LogP contribution in [0.25, 0.3) is 0 Å². The molecule has 0 aliphatic heterocycles. The maximum Gasteiger partial charge on any atom is 0.148 e. The lowest BCUT2D eigenvalue weighted by Gasteiger charge is -2.14. The monoisotopic (exact) mass is 188 g/mol. The molecule has 0 radical (unpaired) electrons. The van der Waals surface area contributed by atoms with Crippen LogP contribution in [-0.2, 0) is 4.79 Å². The van der Waals surface area contributed by atoms with Crippen LogP contribution >= 0.6 is 12.6 Å². The van der Waals surface area contributed by atoms with Gasteiger partial charge in [-0.2, -0.15) is 12.6 Å². The van der Waals surface area contributed by atoms with Crippen molar-refractivity contribution >= 4 is 18.4 Å². The number of hydrogen-bond acceptors (Lipinski definition) is 2. The Balaban J connectivity index is 3.45. The summed E-state index contributed by atoms with van der Waals surface area (Å²) in [7, 11) is 0. The van der Waals surface area contributed by atoms with E-state index in [0.29, 0.717) is 6.42 Å². The van der Waals surface area contributed by atoms with Gasteiger partial charge in [0.25, 0.3) is 0 Å². The first kappa shape index (κ1) is 12.0. The summed E-state index contributed by atoms with van der Waals surface area (Å²) in [6, 6.07) is 0. The lowest BCUT2D eigenvalue weighted by atomic mass is 10.0. The first-order valence-electron chi connectivity index (χ1n) is 4.74. The maximum atomic E-state index is 11.4. The molecule has 0 aromatic carbocycles. The standard InChI is InChI=1S/C10H20OS/c1-4-5-6-7-8-9(11)10(2,3)12/h12H,4-8H2,1-3H3. The third-order valence-corrected chi connectivity index (χ3v) is 2.19. The van der Waals surface area contributed by atoms with Crippen LogP contribution in [0.5, 0.6) is 0 Å². The topological polar surface area (TPSA) is 17.1 Å². The summed E-state index contributed by atoms with van der Waals surface area (Å²) in [4.78, 5) is 11.4. The van der Waals surface area contributed by atoms with Crippen LogP contribution in [0.2, 0.25) is 0 Å². The lowest BCUT2D eigenvalue weighted by Crippen LogP contribution is -2.24. The molecule has 72 valence electrons. The number of hydrogen-bond donors (Lipinski definition) is 1. The summed E-state index contributed by atoms with van der Waals surface area (Å²) in [5, 5.41) is 0. The first-order chi connectivity index (χ1) is 5.48. The van der Waals surface area contributed by atoms with Gasteiger partial charge in [0.2, 0.25) is 0 Å². The van der Waals surface area contributed by atoms with Crippen LogP contribution in [-0.4, -0.2) is 10.5 Å². The summed E-state index contributed by atoms with van der Waals surface area (Å²) in [6.07, 6.45) is 5.35. The molecular weight excluding hydrogens is 168 g/mol. The maximum absolute atomic E-state index is 11.4. The largest absolute Gasteiger partial charge is 0.298 e. The number of thiol groups is 1. The predicted octanol–water partition coefficient (Wildman–Crippen LogP) is 3.23. The highest BCUT2D eigenvalue weighted by atomic mass is 32.1. The molecule has 0 fully saturated rings. The molecule has 0 unspecified atom stereocenters. The second-order valence-electron chi connectivity index (χ2n) is 3.79. The SMILES string of the molecule is CCCCCCC(=O)C(C)(C)S. The van der Waals surface area contributed by atoms with E-state index in [9.17, 15) is 4.79 Å². The molecule has 0 N–H and O–H groups in total. The van der Waals surface area contributed by atoms with Gasteiger partial charge in [-0.25, -0.2) is 0 Å². The van der Waals surface area contributed by atoms with Crippen molar-refractivity contribution in [2.75, 3.05) is 0 Å². The molecule has 1 nitrogen and oxygen atoms in total. The van der Waals surface area contributed by atoms with E-state index in [4.69, 9.17) is 0 Å². The molecule has 0 rings (SSSR count). The molecule has 0 aliphatic carbocycles. The number of carbonyl (C=O) groups excluding carboxylic acids is 1. The Labute approximate surface area is 81.3 Å². The molecular formula is C10H20OS. The fourth-order valence-electron chi connectivity index (χ4n) is 1.02. The molecule has 0 aromatic rings. The number of carbonyl (C=O) groups is 1. The van der Waals surface area contributed by atoms with Gasteiger partial charge in [0.1, 0.15) is 5.78 Å². The fraction of sp³-hybridized carbons (Fsp3) is 0.900. The van der Waals surface area contributed by atoms with E-state index in [1.54, 1.807) is 0 Å². The molecule has 0 atom stereocenters. The Morgan fingerprint density at radius 1 is 1.25 bits per heavy atom. The molecule has 0 heterocycles. The van der Waals surface area contributed by atoms with Crippen LogP contribution in [0.15, 0.2) is 0 Å². The summed E-state index contributed by atoms with van der Waals surface area (Å²) in [5.74, 6) is 0.266. The van der Waals surface area contributed by atoms with Gasteiger partial charge in [0.05, 0.1) is 4.75 Å². The number of unbranched alkanes of at least 4 members (excludes halogenated alkanes) is 3. The second-order valence-corrected chi connectivity index (χ2v) is 4.91. The van der Waals surface area contributed by atoms with Gasteiger partial charge in [-0.1, -0.05) is 26.2 Å². The van der Waals surface area contributed by atoms with E-state index < -0.39 is 4.75 Å².